The lowest BCUT2D eigenvalue weighted by molar-refractivity contribution is -0.0169. The maximum absolute atomic E-state index is 13.9. The fourth-order valence-electron chi connectivity index (χ4n) is 5.72. The molecular weight excluding hydrogens is 465 g/mol. The number of amides is 1. The lowest BCUT2D eigenvalue weighted by atomic mass is 9.77. The Morgan fingerprint density at radius 2 is 1.78 bits per heavy atom. The second-order valence-corrected chi connectivity index (χ2v) is 11.4. The maximum atomic E-state index is 13.9. The van der Waals surface area contributed by atoms with Crippen LogP contribution in [0, 0.1) is 12.7 Å². The Morgan fingerprint density at radius 3 is 2.49 bits per heavy atom. The zero-order chi connectivity index (χ0) is 26.5. The summed E-state index contributed by atoms with van der Waals surface area (Å²) >= 11 is 0. The molecular formula is C30H34FN5O. The summed E-state index contributed by atoms with van der Waals surface area (Å²) in [5, 5.41) is 7.72. The Labute approximate surface area is 217 Å². The van der Waals surface area contributed by atoms with Crippen LogP contribution in [0.5, 0.6) is 0 Å². The van der Waals surface area contributed by atoms with Crippen LogP contribution >= 0.6 is 0 Å². The number of nitrogens with zero attached hydrogens (tertiary/aromatic N) is 4. The molecule has 37 heavy (non-hydrogen) atoms. The third-order valence-electron chi connectivity index (χ3n) is 7.96. The van der Waals surface area contributed by atoms with Gasteiger partial charge >= 0.3 is 0 Å². The van der Waals surface area contributed by atoms with Gasteiger partial charge in [-0.15, -0.1) is 0 Å². The van der Waals surface area contributed by atoms with Crippen molar-refractivity contribution in [2.45, 2.75) is 64.6 Å². The van der Waals surface area contributed by atoms with Gasteiger partial charge in [-0.25, -0.2) is 8.91 Å². The van der Waals surface area contributed by atoms with Crippen LogP contribution in [0.3, 0.4) is 0 Å². The fourth-order valence-corrected chi connectivity index (χ4v) is 5.72. The number of pyridine rings is 2. The van der Waals surface area contributed by atoms with Gasteiger partial charge in [0.2, 0.25) is 0 Å². The zero-order valence-electron chi connectivity index (χ0n) is 22.3. The molecule has 1 N–H and O–H groups in total. The SMILES string of the molecule is Cc1cc(-c2ncccc2-c2ccn3ncc(C(=O)NC4CC(C)(C)N(C)C(C)(C)C4)c3c2)ccc1F. The first-order valence-corrected chi connectivity index (χ1v) is 12.7. The molecule has 192 valence electrons. The normalized spacial score (nSPS) is 17.7. The van der Waals surface area contributed by atoms with Crippen molar-refractivity contribution in [2.24, 2.45) is 0 Å². The molecule has 5 rings (SSSR count). The van der Waals surface area contributed by atoms with Crippen molar-refractivity contribution in [3.05, 3.63) is 78.0 Å². The van der Waals surface area contributed by atoms with E-state index in [1.165, 1.54) is 6.07 Å². The van der Waals surface area contributed by atoms with Gasteiger partial charge in [0.15, 0.2) is 0 Å². The molecule has 4 heterocycles. The van der Waals surface area contributed by atoms with Crippen LogP contribution in [0.1, 0.15) is 56.5 Å². The molecule has 1 amide bonds. The molecule has 1 saturated heterocycles. The maximum Gasteiger partial charge on any atom is 0.255 e. The molecule has 1 aliphatic rings. The number of halogens is 1. The number of fused-ring (bicyclic) bond motifs is 1. The van der Waals surface area contributed by atoms with E-state index < -0.39 is 0 Å². The van der Waals surface area contributed by atoms with E-state index in [1.807, 2.05) is 36.5 Å². The minimum absolute atomic E-state index is 0.0244. The van der Waals surface area contributed by atoms with E-state index in [0.717, 1.165) is 40.7 Å². The fraction of sp³-hybridized carbons (Fsp3) is 0.367. The van der Waals surface area contributed by atoms with E-state index in [2.05, 4.69) is 55.0 Å². The Balaban J connectivity index is 1.48. The van der Waals surface area contributed by atoms with E-state index in [1.54, 1.807) is 29.9 Å². The number of carbonyl (C=O) groups is 1. The van der Waals surface area contributed by atoms with Crippen LogP contribution in [0.4, 0.5) is 4.39 Å². The molecule has 1 aromatic carbocycles. The summed E-state index contributed by atoms with van der Waals surface area (Å²) in [6, 6.07) is 12.9. The first-order chi connectivity index (χ1) is 17.5. The average Bonchev–Trinajstić information content (AvgIpc) is 3.27. The second-order valence-electron chi connectivity index (χ2n) is 11.4. The second kappa shape index (κ2) is 9.06. The molecule has 0 spiro atoms. The standard InChI is InChI=1S/C30H34FN5O/c1-19-14-21(9-10-25(19)31)27-23(8-7-12-32-27)20-11-13-36-26(15-20)24(18-33-36)28(37)34-22-16-29(2,3)35(6)30(4,5)17-22/h7-15,18,22H,16-17H2,1-6H3,(H,34,37). The van der Waals surface area contributed by atoms with Gasteiger partial charge in [-0.1, -0.05) is 6.07 Å². The molecule has 4 aromatic rings. The Bertz CT molecular complexity index is 1470. The van der Waals surface area contributed by atoms with E-state index in [4.69, 9.17) is 0 Å². The van der Waals surface area contributed by atoms with Gasteiger partial charge in [-0.3, -0.25) is 14.7 Å². The number of piperidine rings is 1. The Kier molecular flexibility index (Phi) is 6.15. The molecule has 0 radical (unpaired) electrons. The van der Waals surface area contributed by atoms with Crippen LogP contribution in [0.2, 0.25) is 0 Å². The van der Waals surface area contributed by atoms with Crippen molar-refractivity contribution < 1.29 is 9.18 Å². The zero-order valence-corrected chi connectivity index (χ0v) is 22.3. The Morgan fingerprint density at radius 1 is 1.05 bits per heavy atom. The van der Waals surface area contributed by atoms with Gasteiger partial charge in [0.05, 0.1) is 23.0 Å². The van der Waals surface area contributed by atoms with Crippen LogP contribution in [0.15, 0.2) is 61.1 Å². The highest BCUT2D eigenvalue weighted by molar-refractivity contribution is 6.01. The molecule has 0 atom stereocenters. The summed E-state index contributed by atoms with van der Waals surface area (Å²) in [5.41, 5.74) is 5.21. The van der Waals surface area contributed by atoms with E-state index in [9.17, 15) is 9.18 Å². The van der Waals surface area contributed by atoms with E-state index in [0.29, 0.717) is 11.1 Å². The lowest BCUT2D eigenvalue weighted by Crippen LogP contribution is -2.62. The number of likely N-dealkylation sites (tertiary alicyclic amines) is 1. The third kappa shape index (κ3) is 4.64. The van der Waals surface area contributed by atoms with E-state index >= 15 is 0 Å². The molecule has 0 aliphatic carbocycles. The van der Waals surface area contributed by atoms with Crippen molar-refractivity contribution >= 4 is 11.4 Å². The monoisotopic (exact) mass is 499 g/mol. The summed E-state index contributed by atoms with van der Waals surface area (Å²) in [6.07, 6.45) is 6.97. The van der Waals surface area contributed by atoms with Crippen molar-refractivity contribution in [3.8, 4) is 22.4 Å². The molecule has 0 unspecified atom stereocenters. The van der Waals surface area contributed by atoms with Crippen molar-refractivity contribution in [3.63, 3.8) is 0 Å². The summed E-state index contributed by atoms with van der Waals surface area (Å²) in [6.45, 7) is 10.6. The van der Waals surface area contributed by atoms with Crippen LogP contribution in [-0.2, 0) is 0 Å². The third-order valence-corrected chi connectivity index (χ3v) is 7.96. The van der Waals surface area contributed by atoms with Gasteiger partial charge < -0.3 is 5.32 Å². The highest BCUT2D eigenvalue weighted by Gasteiger charge is 2.43. The van der Waals surface area contributed by atoms with Crippen molar-refractivity contribution in [2.75, 3.05) is 7.05 Å². The van der Waals surface area contributed by atoms with Gasteiger partial charge in [-0.05, 0) is 102 Å². The molecule has 0 saturated carbocycles. The predicted octanol–water partition coefficient (Wildman–Crippen LogP) is 5.89. The average molecular weight is 500 g/mol. The minimum Gasteiger partial charge on any atom is -0.349 e. The summed E-state index contributed by atoms with van der Waals surface area (Å²) in [7, 11) is 2.16. The Hall–Kier alpha value is -3.58. The number of rotatable bonds is 4. The number of nitrogens with one attached hydrogen (secondary N) is 1. The van der Waals surface area contributed by atoms with E-state index in [-0.39, 0.29) is 28.8 Å². The van der Waals surface area contributed by atoms with Crippen molar-refractivity contribution in [1.29, 1.82) is 0 Å². The minimum atomic E-state index is -0.242. The number of carbonyl (C=O) groups excluding carboxylic acids is 1. The quantitative estimate of drug-likeness (QED) is 0.380. The van der Waals surface area contributed by atoms with Crippen LogP contribution < -0.4 is 5.32 Å². The number of aryl methyl sites for hydroxylation is 1. The van der Waals surface area contributed by atoms with Crippen LogP contribution in [0.25, 0.3) is 27.9 Å². The number of hydrogen-bond acceptors (Lipinski definition) is 4. The number of hydrogen-bond donors (Lipinski definition) is 1. The highest BCUT2D eigenvalue weighted by atomic mass is 19.1. The van der Waals surface area contributed by atoms with Gasteiger partial charge in [0.25, 0.3) is 5.91 Å². The molecule has 1 fully saturated rings. The molecule has 6 nitrogen and oxygen atoms in total. The topological polar surface area (TPSA) is 62.5 Å². The smallest absolute Gasteiger partial charge is 0.255 e. The van der Waals surface area contributed by atoms with Crippen LogP contribution in [-0.4, -0.2) is 49.6 Å². The number of aromatic nitrogens is 3. The summed E-state index contributed by atoms with van der Waals surface area (Å²) < 4.78 is 15.6. The summed E-state index contributed by atoms with van der Waals surface area (Å²) in [4.78, 5) is 20.5. The number of benzene rings is 1. The van der Waals surface area contributed by atoms with Crippen molar-refractivity contribution in [1.82, 2.24) is 24.8 Å². The largest absolute Gasteiger partial charge is 0.349 e. The molecule has 3 aromatic heterocycles. The lowest BCUT2D eigenvalue weighted by Gasteiger charge is -2.53. The first kappa shape index (κ1) is 25.1. The molecule has 7 heteroatoms. The first-order valence-electron chi connectivity index (χ1n) is 12.7. The summed E-state index contributed by atoms with van der Waals surface area (Å²) in [5.74, 6) is -0.358. The van der Waals surface area contributed by atoms with Gasteiger partial charge in [0, 0.05) is 40.6 Å². The highest BCUT2D eigenvalue weighted by Crippen LogP contribution is 2.37. The molecule has 1 aliphatic heterocycles. The van der Waals surface area contributed by atoms with Gasteiger partial charge in [-0.2, -0.15) is 5.10 Å². The van der Waals surface area contributed by atoms with Gasteiger partial charge in [0.1, 0.15) is 5.82 Å². The molecule has 0 bridgehead atoms. The predicted molar refractivity (Wildman–Crippen MR) is 145 cm³/mol.